The Balaban J connectivity index is 0.907. The van der Waals surface area contributed by atoms with Gasteiger partial charge in [0, 0.05) is 74.5 Å². The van der Waals surface area contributed by atoms with Crippen LogP contribution < -0.4 is 9.80 Å². The molecule has 0 N–H and O–H groups in total. The third-order valence-corrected chi connectivity index (χ3v) is 14.6. The molecule has 13 rings (SSSR count). The number of para-hydroxylation sites is 2. The molecule has 60 heavy (non-hydrogen) atoms. The molecule has 1 aliphatic rings. The van der Waals surface area contributed by atoms with Crippen LogP contribution in [0.2, 0.25) is 0 Å². The fraction of sp³-hybridized carbons (Fsp3) is 0. The van der Waals surface area contributed by atoms with Crippen LogP contribution >= 0.6 is 22.7 Å². The van der Waals surface area contributed by atoms with E-state index in [9.17, 15) is 0 Å². The Morgan fingerprint density at radius 3 is 1.03 bits per heavy atom. The summed E-state index contributed by atoms with van der Waals surface area (Å²) in [6, 6.07) is 76.2. The summed E-state index contributed by atoms with van der Waals surface area (Å²) in [6.07, 6.45) is 0. The van der Waals surface area contributed by atoms with Gasteiger partial charge >= 0.3 is 0 Å². The summed E-state index contributed by atoms with van der Waals surface area (Å²) >= 11 is 3.72. The van der Waals surface area contributed by atoms with Crippen molar-refractivity contribution in [2.75, 3.05) is 9.80 Å². The standard InChI is InChI=1S/C56H34N2S2/c1-3-11-39(12-4-1)57(43-23-25-55-51(33-43)45-15-7-9-17-53(45)59-55)41-21-19-35-29-47-48-30-36-20-22-42(28-38(36)32-50(48)49(47)31-37(35)27-41)58(40-13-5-2-6-14-40)44-24-26-56-52(34-44)46-16-8-10-18-54(46)60-56/h1-34H. The molecule has 0 aliphatic heterocycles. The number of anilines is 6. The fourth-order valence-corrected chi connectivity index (χ4v) is 11.6. The van der Waals surface area contributed by atoms with Gasteiger partial charge in [0.05, 0.1) is 0 Å². The van der Waals surface area contributed by atoms with Gasteiger partial charge in [-0.25, -0.2) is 0 Å². The van der Waals surface area contributed by atoms with Crippen molar-refractivity contribution in [3.8, 4) is 22.3 Å². The fourth-order valence-electron chi connectivity index (χ4n) is 9.43. The average Bonchev–Trinajstić information content (AvgIpc) is 3.87. The average molecular weight is 799 g/mol. The molecule has 0 bridgehead atoms. The molecule has 4 heteroatoms. The number of nitrogens with zero attached hydrogens (tertiary/aromatic N) is 2. The van der Waals surface area contributed by atoms with E-state index in [4.69, 9.17) is 0 Å². The first-order valence-electron chi connectivity index (χ1n) is 20.4. The van der Waals surface area contributed by atoms with E-state index in [-0.39, 0.29) is 0 Å². The first-order chi connectivity index (χ1) is 29.7. The Bertz CT molecular complexity index is 3430. The van der Waals surface area contributed by atoms with Gasteiger partial charge in [0.15, 0.2) is 0 Å². The predicted octanol–water partition coefficient (Wildman–Crippen LogP) is 17.3. The van der Waals surface area contributed by atoms with Crippen molar-refractivity contribution in [1.29, 1.82) is 0 Å². The van der Waals surface area contributed by atoms with E-state index < -0.39 is 0 Å². The number of rotatable bonds is 6. The zero-order valence-corrected chi connectivity index (χ0v) is 34.0. The zero-order valence-electron chi connectivity index (χ0n) is 32.3. The smallest absolute Gasteiger partial charge is 0.0468 e. The SMILES string of the molecule is c1ccc(N(c2ccc3cc4c(cc3c2)-c2cc3cc(N(c5ccccc5)c5ccc6sc7ccccc7c6c5)ccc3cc2-4)c2ccc3sc4ccccc4c3c2)cc1. The van der Waals surface area contributed by atoms with Crippen LogP contribution in [-0.4, -0.2) is 0 Å². The van der Waals surface area contributed by atoms with E-state index in [0.29, 0.717) is 0 Å². The maximum Gasteiger partial charge on any atom is 0.0468 e. The number of hydrogen-bond acceptors (Lipinski definition) is 4. The molecule has 2 nitrogen and oxygen atoms in total. The molecule has 12 aromatic rings. The van der Waals surface area contributed by atoms with Gasteiger partial charge in [-0.2, -0.15) is 0 Å². The van der Waals surface area contributed by atoms with Crippen molar-refractivity contribution >= 4 is 119 Å². The highest BCUT2D eigenvalue weighted by atomic mass is 32.1. The number of hydrogen-bond donors (Lipinski definition) is 0. The molecule has 0 saturated carbocycles. The van der Waals surface area contributed by atoms with E-state index in [1.54, 1.807) is 0 Å². The highest BCUT2D eigenvalue weighted by Crippen LogP contribution is 2.52. The lowest BCUT2D eigenvalue weighted by Crippen LogP contribution is -2.10. The van der Waals surface area contributed by atoms with Crippen molar-refractivity contribution in [2.45, 2.75) is 0 Å². The van der Waals surface area contributed by atoms with Crippen LogP contribution in [0.1, 0.15) is 0 Å². The van der Waals surface area contributed by atoms with Gasteiger partial charge in [-0.15, -0.1) is 22.7 Å². The van der Waals surface area contributed by atoms with Crippen LogP contribution in [-0.2, 0) is 0 Å². The van der Waals surface area contributed by atoms with Crippen LogP contribution in [0, 0.1) is 0 Å². The molecular formula is C56H34N2S2. The molecule has 0 saturated heterocycles. The predicted molar refractivity (Wildman–Crippen MR) is 261 cm³/mol. The molecule has 0 atom stereocenters. The van der Waals surface area contributed by atoms with Crippen molar-refractivity contribution in [2.24, 2.45) is 0 Å². The van der Waals surface area contributed by atoms with Gasteiger partial charge in [-0.1, -0.05) is 84.9 Å². The first-order valence-corrected chi connectivity index (χ1v) is 22.0. The number of benzene rings is 10. The zero-order chi connectivity index (χ0) is 39.3. The summed E-state index contributed by atoms with van der Waals surface area (Å²) in [5.41, 5.74) is 12.2. The van der Waals surface area contributed by atoms with Crippen LogP contribution in [0.4, 0.5) is 34.1 Å². The molecule has 280 valence electrons. The molecule has 0 unspecified atom stereocenters. The van der Waals surface area contributed by atoms with E-state index >= 15 is 0 Å². The lowest BCUT2D eigenvalue weighted by atomic mass is 9.78. The van der Waals surface area contributed by atoms with Crippen LogP contribution in [0.3, 0.4) is 0 Å². The lowest BCUT2D eigenvalue weighted by molar-refractivity contribution is 1.29. The minimum Gasteiger partial charge on any atom is -0.310 e. The van der Waals surface area contributed by atoms with Gasteiger partial charge < -0.3 is 9.80 Å². The van der Waals surface area contributed by atoms with E-state index in [1.165, 1.54) is 84.1 Å². The van der Waals surface area contributed by atoms with Gasteiger partial charge in [0.25, 0.3) is 0 Å². The topological polar surface area (TPSA) is 6.48 Å². The van der Waals surface area contributed by atoms with Crippen molar-refractivity contribution < 1.29 is 0 Å². The third-order valence-electron chi connectivity index (χ3n) is 12.3. The Kier molecular flexibility index (Phi) is 7.38. The van der Waals surface area contributed by atoms with Gasteiger partial charge in [0.2, 0.25) is 0 Å². The summed E-state index contributed by atoms with van der Waals surface area (Å²) in [6.45, 7) is 0. The Labute approximate surface area is 355 Å². The normalized spacial score (nSPS) is 12.0. The highest BCUT2D eigenvalue weighted by Gasteiger charge is 2.25. The second kappa shape index (κ2) is 13.1. The summed E-state index contributed by atoms with van der Waals surface area (Å²) < 4.78 is 5.26. The quantitative estimate of drug-likeness (QED) is 0.165. The molecule has 2 heterocycles. The number of fused-ring (bicyclic) bond motifs is 12. The summed E-state index contributed by atoms with van der Waals surface area (Å²) in [7, 11) is 0. The minimum atomic E-state index is 1.14. The molecule has 0 fully saturated rings. The second-order valence-corrected chi connectivity index (χ2v) is 17.9. The molecule has 10 aromatic carbocycles. The third kappa shape index (κ3) is 5.25. The van der Waals surface area contributed by atoms with Crippen LogP contribution in [0.5, 0.6) is 0 Å². The Hall–Kier alpha value is -7.24. The van der Waals surface area contributed by atoms with E-state index in [2.05, 4.69) is 216 Å². The molecular weight excluding hydrogens is 765 g/mol. The largest absolute Gasteiger partial charge is 0.310 e. The number of thiophene rings is 2. The molecule has 2 aromatic heterocycles. The molecule has 1 aliphatic carbocycles. The molecule has 0 radical (unpaired) electrons. The Morgan fingerprint density at radius 1 is 0.233 bits per heavy atom. The molecule has 0 amide bonds. The minimum absolute atomic E-state index is 1.14. The van der Waals surface area contributed by atoms with Crippen molar-refractivity contribution in [3.05, 3.63) is 206 Å². The van der Waals surface area contributed by atoms with E-state index in [0.717, 1.165) is 34.1 Å². The first kappa shape index (κ1) is 33.7. The van der Waals surface area contributed by atoms with Gasteiger partial charge in [0.1, 0.15) is 0 Å². The van der Waals surface area contributed by atoms with Crippen molar-refractivity contribution in [1.82, 2.24) is 0 Å². The van der Waals surface area contributed by atoms with Gasteiger partial charge in [-0.05, 0) is 165 Å². The summed E-state index contributed by atoms with van der Waals surface area (Å²) in [5, 5.41) is 10.2. The second-order valence-electron chi connectivity index (χ2n) is 15.8. The summed E-state index contributed by atoms with van der Waals surface area (Å²) in [5.74, 6) is 0. The summed E-state index contributed by atoms with van der Waals surface area (Å²) in [4.78, 5) is 4.79. The van der Waals surface area contributed by atoms with Crippen LogP contribution in [0.25, 0.3) is 84.1 Å². The van der Waals surface area contributed by atoms with Crippen molar-refractivity contribution in [3.63, 3.8) is 0 Å². The Morgan fingerprint density at radius 2 is 0.583 bits per heavy atom. The maximum absolute atomic E-state index is 2.40. The van der Waals surface area contributed by atoms with Crippen LogP contribution in [0.15, 0.2) is 206 Å². The maximum atomic E-state index is 2.40. The lowest BCUT2D eigenvalue weighted by Gasteiger charge is -2.28. The molecule has 0 spiro atoms. The van der Waals surface area contributed by atoms with E-state index in [1.807, 2.05) is 22.7 Å². The monoisotopic (exact) mass is 798 g/mol. The highest BCUT2D eigenvalue weighted by molar-refractivity contribution is 7.26. The van der Waals surface area contributed by atoms with Gasteiger partial charge in [-0.3, -0.25) is 0 Å².